The Morgan fingerprint density at radius 3 is 2.54 bits per heavy atom. The molecule has 0 aliphatic heterocycles. The molecule has 2 heteroatoms. The van der Waals surface area contributed by atoms with Crippen LogP contribution in [-0.2, 0) is 0 Å². The second-order valence-corrected chi connectivity index (χ2v) is 4.37. The van der Waals surface area contributed by atoms with Gasteiger partial charge in [0.05, 0.1) is 0 Å². The molecular weight excluding hydrogens is 171 g/mol. The summed E-state index contributed by atoms with van der Waals surface area (Å²) in [6, 6.07) is 12.7. The zero-order valence-electron chi connectivity index (χ0n) is 7.87. The van der Waals surface area contributed by atoms with Crippen molar-refractivity contribution in [3.05, 3.63) is 36.4 Å². The zero-order chi connectivity index (χ0) is 9.26. The van der Waals surface area contributed by atoms with Crippen LogP contribution in [0, 0.1) is 0 Å². The molecule has 0 radical (unpaired) electrons. The Bertz CT molecular complexity index is 437. The minimum absolute atomic E-state index is 0.930. The molecule has 0 fully saturated rings. The number of methoxy groups -OCH3 is 1. The first kappa shape index (κ1) is 9.07. The summed E-state index contributed by atoms with van der Waals surface area (Å²) < 4.78 is 6.59. The van der Waals surface area contributed by atoms with E-state index in [1.54, 1.807) is 7.11 Å². The topological polar surface area (TPSA) is 9.23 Å². The van der Waals surface area contributed by atoms with Crippen LogP contribution in [0.5, 0.6) is 5.75 Å². The summed E-state index contributed by atoms with van der Waals surface area (Å²) >= 11 is 1.10. The number of fused-ring (bicyclic) bond motifs is 1. The van der Waals surface area contributed by atoms with Gasteiger partial charge in [0.25, 0.3) is 0 Å². The van der Waals surface area contributed by atoms with Gasteiger partial charge >= 0.3 is 95.5 Å². The molecule has 0 amide bonds. The van der Waals surface area contributed by atoms with Crippen LogP contribution in [0.25, 0.3) is 10.8 Å². The van der Waals surface area contributed by atoms with E-state index in [1.807, 2.05) is 6.07 Å². The Kier molecular flexibility index (Phi) is 2.58. The van der Waals surface area contributed by atoms with Gasteiger partial charge in [-0.15, -0.1) is 0 Å². The van der Waals surface area contributed by atoms with Crippen molar-refractivity contribution in [2.24, 2.45) is 0 Å². The summed E-state index contributed by atoms with van der Waals surface area (Å²) in [6.45, 7) is 0. The summed E-state index contributed by atoms with van der Waals surface area (Å²) in [5.41, 5.74) is 0. The van der Waals surface area contributed by atoms with Gasteiger partial charge in [-0.25, -0.2) is 0 Å². The van der Waals surface area contributed by atoms with E-state index in [4.69, 9.17) is 4.74 Å². The maximum atomic E-state index is 5.17. The first-order valence-electron chi connectivity index (χ1n) is 4.34. The molecule has 0 atom stereocenters. The fourth-order valence-electron chi connectivity index (χ4n) is 1.47. The Labute approximate surface area is 95.1 Å². The number of ether oxygens (including phenoxy) is 1. The van der Waals surface area contributed by atoms with Gasteiger partial charge in [-0.2, -0.15) is 0 Å². The van der Waals surface area contributed by atoms with Gasteiger partial charge in [0.2, 0.25) is 0 Å². The standard InChI is InChI=1S/C11H9O.Na/c1-12-11-7-6-9-4-2-3-5-10(9)8-11;/h2,4-8H,1H3;. The van der Waals surface area contributed by atoms with Gasteiger partial charge < -0.3 is 0 Å². The SMILES string of the molecule is COc1ccc2cc[c]([Na])cc2c1. The predicted molar refractivity (Wildman–Crippen MR) is 55.9 cm³/mol. The van der Waals surface area contributed by atoms with E-state index in [-0.39, 0.29) is 0 Å². The third kappa shape index (κ3) is 1.88. The van der Waals surface area contributed by atoms with Crippen molar-refractivity contribution in [2.45, 2.75) is 0 Å². The molecule has 0 aromatic heterocycles. The van der Waals surface area contributed by atoms with E-state index in [0.717, 1.165) is 33.7 Å². The van der Waals surface area contributed by atoms with E-state index < -0.39 is 0 Å². The molecule has 13 heavy (non-hydrogen) atoms. The van der Waals surface area contributed by atoms with Crippen LogP contribution in [-0.4, -0.2) is 35.0 Å². The van der Waals surface area contributed by atoms with Crippen molar-refractivity contribution >= 4 is 41.5 Å². The molecule has 0 bridgehead atoms. The summed E-state index contributed by atoms with van der Waals surface area (Å²) in [5.74, 6) is 0.930. The molecule has 0 spiro atoms. The second-order valence-electron chi connectivity index (χ2n) is 3.22. The Hall–Kier alpha value is -0.500. The monoisotopic (exact) mass is 180 g/mol. The molecule has 0 aliphatic rings. The Balaban J connectivity index is 2.68. The van der Waals surface area contributed by atoms with Gasteiger partial charge in [-0.05, 0) is 0 Å². The van der Waals surface area contributed by atoms with Gasteiger partial charge in [0.1, 0.15) is 0 Å². The number of hydrogen-bond acceptors (Lipinski definition) is 1. The normalized spacial score (nSPS) is 10.4. The van der Waals surface area contributed by atoms with E-state index in [9.17, 15) is 0 Å². The molecular formula is C11H9NaO. The molecule has 0 heterocycles. The molecule has 0 saturated carbocycles. The Morgan fingerprint density at radius 1 is 1.00 bits per heavy atom. The van der Waals surface area contributed by atoms with Gasteiger partial charge in [-0.3, -0.25) is 0 Å². The quantitative estimate of drug-likeness (QED) is 0.606. The van der Waals surface area contributed by atoms with Crippen molar-refractivity contribution in [3.63, 3.8) is 0 Å². The first-order valence-corrected chi connectivity index (χ1v) is 5.34. The predicted octanol–water partition coefficient (Wildman–Crippen LogP) is 1.64. The molecule has 1 nitrogen and oxygen atoms in total. The number of benzene rings is 2. The van der Waals surface area contributed by atoms with Crippen LogP contribution in [0.2, 0.25) is 0 Å². The molecule has 2 aromatic rings. The van der Waals surface area contributed by atoms with E-state index in [1.165, 1.54) is 13.6 Å². The molecule has 2 rings (SSSR count). The zero-order valence-corrected chi connectivity index (χ0v) is 9.87. The van der Waals surface area contributed by atoms with E-state index >= 15 is 0 Å². The molecule has 0 N–H and O–H groups in total. The minimum atomic E-state index is 0.930. The van der Waals surface area contributed by atoms with Crippen LogP contribution < -0.4 is 7.55 Å². The van der Waals surface area contributed by atoms with Crippen LogP contribution in [0.1, 0.15) is 0 Å². The third-order valence-corrected chi connectivity index (χ3v) is 2.82. The van der Waals surface area contributed by atoms with Crippen LogP contribution in [0.15, 0.2) is 36.4 Å². The van der Waals surface area contributed by atoms with Gasteiger partial charge in [0.15, 0.2) is 0 Å². The molecule has 0 unspecified atom stereocenters. The van der Waals surface area contributed by atoms with Crippen LogP contribution in [0.3, 0.4) is 0 Å². The second kappa shape index (κ2) is 3.70. The van der Waals surface area contributed by atoms with E-state index in [0.29, 0.717) is 0 Å². The fraction of sp³-hybridized carbons (Fsp3) is 0.0909. The van der Waals surface area contributed by atoms with Crippen molar-refractivity contribution < 1.29 is 4.74 Å². The van der Waals surface area contributed by atoms with Crippen LogP contribution >= 0.6 is 0 Å². The third-order valence-electron chi connectivity index (χ3n) is 2.20. The van der Waals surface area contributed by atoms with Crippen LogP contribution in [0.4, 0.5) is 0 Å². The molecule has 2 aromatic carbocycles. The summed E-state index contributed by atoms with van der Waals surface area (Å²) in [6.07, 6.45) is 0. The van der Waals surface area contributed by atoms with Crippen molar-refractivity contribution in [3.8, 4) is 5.75 Å². The van der Waals surface area contributed by atoms with Crippen molar-refractivity contribution in [1.29, 1.82) is 0 Å². The summed E-state index contributed by atoms with van der Waals surface area (Å²) in [7, 11) is 1.70. The Morgan fingerprint density at radius 2 is 1.77 bits per heavy atom. The average molecular weight is 180 g/mol. The van der Waals surface area contributed by atoms with Gasteiger partial charge in [-0.1, -0.05) is 0 Å². The average Bonchev–Trinajstić information content (AvgIpc) is 2.16. The molecule has 60 valence electrons. The van der Waals surface area contributed by atoms with Gasteiger partial charge in [0, 0.05) is 0 Å². The molecule has 0 saturated heterocycles. The van der Waals surface area contributed by atoms with Crippen molar-refractivity contribution in [2.75, 3.05) is 7.11 Å². The summed E-state index contributed by atoms with van der Waals surface area (Å²) in [5, 5.41) is 2.55. The number of hydrogen-bond donors (Lipinski definition) is 0. The van der Waals surface area contributed by atoms with Crippen molar-refractivity contribution in [1.82, 2.24) is 0 Å². The summed E-state index contributed by atoms with van der Waals surface area (Å²) in [4.78, 5) is 0. The molecule has 0 aliphatic carbocycles. The maximum absolute atomic E-state index is 5.17. The first-order chi connectivity index (χ1) is 6.29. The fourth-order valence-corrected chi connectivity index (χ4v) is 1.95. The number of rotatable bonds is 1. The van der Waals surface area contributed by atoms with E-state index in [2.05, 4.69) is 30.3 Å².